The lowest BCUT2D eigenvalue weighted by atomic mass is 9.97. The number of hydrogen-bond acceptors (Lipinski definition) is 14. The highest BCUT2D eigenvalue weighted by atomic mass is 16.5. The maximum Gasteiger partial charge on any atom is 0.255 e. The van der Waals surface area contributed by atoms with E-state index in [2.05, 4.69) is 58.1 Å². The summed E-state index contributed by atoms with van der Waals surface area (Å²) in [5.41, 5.74) is 9.12. The van der Waals surface area contributed by atoms with Gasteiger partial charge in [-0.15, -0.1) is 0 Å². The fourth-order valence-electron chi connectivity index (χ4n) is 8.89. The Bertz CT molecular complexity index is 2720. The van der Waals surface area contributed by atoms with Crippen molar-refractivity contribution < 1.29 is 37.9 Å². The van der Waals surface area contributed by atoms with E-state index in [0.717, 1.165) is 85.8 Å². The third-order valence-corrected chi connectivity index (χ3v) is 12.4. The average Bonchev–Trinajstić information content (AvgIpc) is 3.69. The SMILES string of the molecule is CCn1nc(C2CC2)cc1Nc1nc(COCCCOCCOCCOCCCNc2cccc3c2CN(C2CCC(=O)NC2=O)C3=O)nc2[nH]c3cc(-c4c(C)noc4C)c(C)cc3c12. The molecule has 1 aliphatic carbocycles. The van der Waals surface area contributed by atoms with E-state index in [1.807, 2.05) is 30.7 Å². The number of carbonyl (C=O) groups excluding carboxylic acids is 3. The average molecular weight is 903 g/mol. The minimum atomic E-state index is -0.637. The topological polar surface area (TPSA) is 213 Å². The second kappa shape index (κ2) is 20.1. The van der Waals surface area contributed by atoms with Gasteiger partial charge in [-0.1, -0.05) is 11.2 Å². The van der Waals surface area contributed by atoms with Crippen LogP contribution in [0.1, 0.15) is 95.8 Å². The quantitative estimate of drug-likeness (QED) is 0.0387. The van der Waals surface area contributed by atoms with Gasteiger partial charge in [0.1, 0.15) is 35.7 Å². The van der Waals surface area contributed by atoms with Gasteiger partial charge >= 0.3 is 0 Å². The summed E-state index contributed by atoms with van der Waals surface area (Å²) in [6.07, 6.45) is 4.39. The molecular formula is C48H58N10O8. The lowest BCUT2D eigenvalue weighted by molar-refractivity contribution is -0.136. The highest BCUT2D eigenvalue weighted by Gasteiger charge is 2.40. The normalized spacial score (nSPS) is 16.2. The third-order valence-electron chi connectivity index (χ3n) is 12.4. The standard InChI is InChI=1S/C48H58N10O8/c1-5-58-41(25-37(55-58)31-11-12-31)53-46-44-34-23-28(2)33(43-29(3)56-66-30(43)4)24-38(34)50-45(44)51-40(52-46)27-65-18-8-17-63-20-22-64-21-19-62-16-7-15-49-36-10-6-9-32-35(36)26-57(48(32)61)39-13-14-42(59)54-47(39)60/h6,9-10,23-25,31,39,49H,5,7-8,11-22,26-27H2,1-4H3,(H,54,59,60)(H2,50,51,52,53). The van der Waals surface area contributed by atoms with Gasteiger partial charge in [-0.25, -0.2) is 14.6 Å². The molecule has 0 spiro atoms. The number of ether oxygens (including phenoxy) is 4. The Morgan fingerprint density at radius 3 is 2.39 bits per heavy atom. The molecule has 1 atom stereocenters. The van der Waals surface area contributed by atoms with Crippen molar-refractivity contribution in [2.75, 3.05) is 63.4 Å². The summed E-state index contributed by atoms with van der Waals surface area (Å²) in [5.74, 6) is 2.58. The Hall–Kier alpha value is -6.21. The largest absolute Gasteiger partial charge is 0.385 e. The number of imide groups is 1. The minimum absolute atomic E-state index is 0.185. The number of anilines is 3. The molecule has 0 bridgehead atoms. The molecule has 1 unspecified atom stereocenters. The number of nitrogens with zero attached hydrogens (tertiary/aromatic N) is 6. The van der Waals surface area contributed by atoms with Crippen LogP contribution in [0.4, 0.5) is 17.3 Å². The molecule has 9 rings (SSSR count). The van der Waals surface area contributed by atoms with Crippen LogP contribution < -0.4 is 16.0 Å². The molecule has 18 heteroatoms. The van der Waals surface area contributed by atoms with Crippen molar-refractivity contribution in [2.45, 2.75) is 97.9 Å². The molecule has 18 nitrogen and oxygen atoms in total. The number of nitrogens with one attached hydrogen (secondary N) is 4. The molecule has 4 N–H and O–H groups in total. The van der Waals surface area contributed by atoms with Crippen LogP contribution in [-0.4, -0.2) is 111 Å². The molecule has 66 heavy (non-hydrogen) atoms. The molecule has 2 fully saturated rings. The van der Waals surface area contributed by atoms with Crippen LogP contribution in [0.25, 0.3) is 33.1 Å². The number of hydrogen-bond donors (Lipinski definition) is 4. The van der Waals surface area contributed by atoms with Crippen LogP contribution in [-0.2, 0) is 48.2 Å². The lowest BCUT2D eigenvalue weighted by Gasteiger charge is -2.29. The first-order valence-corrected chi connectivity index (χ1v) is 23.1. The summed E-state index contributed by atoms with van der Waals surface area (Å²) >= 11 is 0. The van der Waals surface area contributed by atoms with E-state index in [0.29, 0.717) is 95.3 Å². The van der Waals surface area contributed by atoms with E-state index in [-0.39, 0.29) is 24.8 Å². The molecular weight excluding hydrogens is 845 g/mol. The van der Waals surface area contributed by atoms with Crippen LogP contribution in [0.3, 0.4) is 0 Å². The van der Waals surface area contributed by atoms with Crippen LogP contribution in [0.2, 0.25) is 0 Å². The Morgan fingerprint density at radius 1 is 0.879 bits per heavy atom. The number of rotatable bonds is 23. The first-order chi connectivity index (χ1) is 32.2. The van der Waals surface area contributed by atoms with Gasteiger partial charge in [0.05, 0.1) is 43.2 Å². The second-order valence-electron chi connectivity index (χ2n) is 17.2. The monoisotopic (exact) mass is 902 g/mol. The van der Waals surface area contributed by atoms with Gasteiger partial charge in [0.15, 0.2) is 5.82 Å². The van der Waals surface area contributed by atoms with Crippen molar-refractivity contribution in [2.24, 2.45) is 0 Å². The fraction of sp³-hybridized carbons (Fsp3) is 0.479. The number of aryl methyl sites for hydroxylation is 4. The van der Waals surface area contributed by atoms with Crippen molar-refractivity contribution in [3.8, 4) is 11.1 Å². The third kappa shape index (κ3) is 9.82. The van der Waals surface area contributed by atoms with Crippen LogP contribution in [0.15, 0.2) is 40.9 Å². The molecule has 3 amide bonds. The van der Waals surface area contributed by atoms with Crippen molar-refractivity contribution in [1.29, 1.82) is 0 Å². The summed E-state index contributed by atoms with van der Waals surface area (Å²) < 4.78 is 30.8. The maximum atomic E-state index is 13.1. The molecule has 1 saturated heterocycles. The predicted octanol–water partition coefficient (Wildman–Crippen LogP) is 6.75. The predicted molar refractivity (Wildman–Crippen MR) is 247 cm³/mol. The Morgan fingerprint density at radius 2 is 1.65 bits per heavy atom. The van der Waals surface area contributed by atoms with Crippen molar-refractivity contribution in [1.82, 2.24) is 40.1 Å². The number of aromatic nitrogens is 6. The van der Waals surface area contributed by atoms with Crippen LogP contribution >= 0.6 is 0 Å². The smallest absolute Gasteiger partial charge is 0.255 e. The zero-order valence-electron chi connectivity index (χ0n) is 38.1. The highest BCUT2D eigenvalue weighted by molar-refractivity contribution is 6.13. The van der Waals surface area contributed by atoms with Crippen molar-refractivity contribution in [3.63, 3.8) is 0 Å². The number of fused-ring (bicyclic) bond motifs is 4. The lowest BCUT2D eigenvalue weighted by Crippen LogP contribution is -2.52. The van der Waals surface area contributed by atoms with Gasteiger partial charge in [0.2, 0.25) is 11.8 Å². The molecule has 4 aromatic heterocycles. The molecule has 3 aliphatic rings. The number of piperidine rings is 1. The molecule has 6 aromatic rings. The van der Waals surface area contributed by atoms with Gasteiger partial charge in [0.25, 0.3) is 5.91 Å². The number of H-pyrrole nitrogens is 1. The van der Waals surface area contributed by atoms with Crippen molar-refractivity contribution in [3.05, 3.63) is 76.1 Å². The van der Waals surface area contributed by atoms with Crippen LogP contribution in [0.5, 0.6) is 0 Å². The summed E-state index contributed by atoms with van der Waals surface area (Å²) in [7, 11) is 0. The van der Waals surface area contributed by atoms with E-state index in [4.69, 9.17) is 38.5 Å². The zero-order valence-corrected chi connectivity index (χ0v) is 38.1. The summed E-state index contributed by atoms with van der Waals surface area (Å²) in [5, 5.41) is 20.4. The molecule has 6 heterocycles. The maximum absolute atomic E-state index is 13.1. The van der Waals surface area contributed by atoms with E-state index < -0.39 is 11.9 Å². The van der Waals surface area contributed by atoms with E-state index >= 15 is 0 Å². The Kier molecular flexibility index (Phi) is 13.7. The summed E-state index contributed by atoms with van der Waals surface area (Å²) in [4.78, 5) is 52.2. The second-order valence-corrected chi connectivity index (χ2v) is 17.2. The summed E-state index contributed by atoms with van der Waals surface area (Å²) in [6.45, 7) is 13.5. The number of aromatic amines is 1. The van der Waals surface area contributed by atoms with Gasteiger partial charge < -0.3 is 44.0 Å². The van der Waals surface area contributed by atoms with E-state index in [1.54, 1.807) is 11.0 Å². The van der Waals surface area contributed by atoms with Gasteiger partial charge in [-0.3, -0.25) is 19.7 Å². The molecule has 348 valence electrons. The molecule has 1 saturated carbocycles. The summed E-state index contributed by atoms with van der Waals surface area (Å²) in [6, 6.07) is 11.4. The van der Waals surface area contributed by atoms with Crippen LogP contribution in [0, 0.1) is 20.8 Å². The number of amides is 3. The first kappa shape index (κ1) is 45.0. The van der Waals surface area contributed by atoms with Gasteiger partial charge in [0, 0.05) is 91.1 Å². The number of benzene rings is 2. The molecule has 0 radical (unpaired) electrons. The first-order valence-electron chi connectivity index (χ1n) is 23.1. The van der Waals surface area contributed by atoms with Gasteiger partial charge in [-0.05, 0) is 95.2 Å². The molecule has 2 aliphatic heterocycles. The Balaban J connectivity index is 0.690. The van der Waals surface area contributed by atoms with Crippen molar-refractivity contribution >= 4 is 57.0 Å². The highest BCUT2D eigenvalue weighted by Crippen LogP contribution is 2.42. The minimum Gasteiger partial charge on any atom is -0.385 e. The van der Waals surface area contributed by atoms with Gasteiger partial charge in [-0.2, -0.15) is 5.10 Å². The molecule has 2 aromatic carbocycles. The number of carbonyl (C=O) groups is 3. The zero-order chi connectivity index (χ0) is 45.7. The van der Waals surface area contributed by atoms with E-state index in [1.165, 1.54) is 12.8 Å². The Labute approximate surface area is 382 Å². The fourth-order valence-corrected chi connectivity index (χ4v) is 8.89. The van der Waals surface area contributed by atoms with E-state index in [9.17, 15) is 14.4 Å².